The van der Waals surface area contributed by atoms with Crippen LogP contribution in [0.15, 0.2) is 0 Å². The van der Waals surface area contributed by atoms with Crippen LogP contribution in [0.4, 0.5) is 0 Å². The van der Waals surface area contributed by atoms with E-state index in [-0.39, 0.29) is 5.91 Å². The number of amides is 2. The summed E-state index contributed by atoms with van der Waals surface area (Å²) < 4.78 is 0. The van der Waals surface area contributed by atoms with Gasteiger partial charge in [-0.25, -0.2) is 0 Å². The molecule has 1 N–H and O–H groups in total. The third-order valence-electron chi connectivity index (χ3n) is 2.31. The van der Waals surface area contributed by atoms with E-state index in [2.05, 4.69) is 5.32 Å². The van der Waals surface area contributed by atoms with E-state index in [9.17, 15) is 9.59 Å². The summed E-state index contributed by atoms with van der Waals surface area (Å²) in [5, 5.41) is 2.35. The van der Waals surface area contributed by atoms with Gasteiger partial charge in [0, 0.05) is 20.1 Å². The van der Waals surface area contributed by atoms with Crippen LogP contribution in [0.2, 0.25) is 0 Å². The third-order valence-corrected chi connectivity index (χ3v) is 2.31. The molecule has 74 valence electrons. The van der Waals surface area contributed by atoms with E-state index in [1.54, 1.807) is 4.90 Å². The minimum atomic E-state index is -0.498. The molecule has 0 bridgehead atoms. The van der Waals surface area contributed by atoms with Gasteiger partial charge in [0.15, 0.2) is 0 Å². The van der Waals surface area contributed by atoms with Gasteiger partial charge in [-0.05, 0) is 12.8 Å². The van der Waals surface area contributed by atoms with Crippen LogP contribution in [-0.4, -0.2) is 36.9 Å². The molecule has 0 unspecified atom stereocenters. The molecule has 0 saturated carbocycles. The molecule has 1 fully saturated rings. The SMILES string of the molecule is CNC(=O)C(=O)N1CCCCCC1. The van der Waals surface area contributed by atoms with Gasteiger partial charge >= 0.3 is 11.8 Å². The smallest absolute Gasteiger partial charge is 0.311 e. The zero-order chi connectivity index (χ0) is 9.68. The van der Waals surface area contributed by atoms with Crippen molar-refractivity contribution in [1.82, 2.24) is 10.2 Å². The second kappa shape index (κ2) is 4.84. The van der Waals surface area contributed by atoms with E-state index in [4.69, 9.17) is 0 Å². The largest absolute Gasteiger partial charge is 0.351 e. The molecule has 0 aromatic heterocycles. The van der Waals surface area contributed by atoms with Gasteiger partial charge in [-0.1, -0.05) is 12.8 Å². The maximum Gasteiger partial charge on any atom is 0.311 e. The molecule has 4 nitrogen and oxygen atoms in total. The minimum absolute atomic E-state index is 0.385. The number of hydrogen-bond acceptors (Lipinski definition) is 2. The molecule has 0 radical (unpaired) electrons. The normalized spacial score (nSPS) is 17.8. The van der Waals surface area contributed by atoms with Crippen LogP contribution in [0.5, 0.6) is 0 Å². The van der Waals surface area contributed by atoms with Crippen molar-refractivity contribution in [3.05, 3.63) is 0 Å². The average molecular weight is 184 g/mol. The highest BCUT2D eigenvalue weighted by atomic mass is 16.2. The maximum absolute atomic E-state index is 11.4. The first-order valence-electron chi connectivity index (χ1n) is 4.76. The highest BCUT2D eigenvalue weighted by molar-refractivity contribution is 6.34. The van der Waals surface area contributed by atoms with E-state index >= 15 is 0 Å². The van der Waals surface area contributed by atoms with Crippen molar-refractivity contribution in [3.63, 3.8) is 0 Å². The first-order chi connectivity index (χ1) is 6.25. The monoisotopic (exact) mass is 184 g/mol. The number of nitrogens with zero attached hydrogens (tertiary/aromatic N) is 1. The number of likely N-dealkylation sites (N-methyl/N-ethyl adjacent to an activating group) is 1. The molecule has 1 aliphatic heterocycles. The zero-order valence-corrected chi connectivity index (χ0v) is 8.01. The van der Waals surface area contributed by atoms with Crippen molar-refractivity contribution < 1.29 is 9.59 Å². The Morgan fingerprint density at radius 1 is 1.08 bits per heavy atom. The predicted molar refractivity (Wildman–Crippen MR) is 49.1 cm³/mol. The number of hydrogen-bond donors (Lipinski definition) is 1. The van der Waals surface area contributed by atoms with Gasteiger partial charge in [0.2, 0.25) is 0 Å². The lowest BCUT2D eigenvalue weighted by molar-refractivity contribution is -0.145. The Morgan fingerprint density at radius 2 is 1.62 bits per heavy atom. The quantitative estimate of drug-likeness (QED) is 0.544. The summed E-state index contributed by atoms with van der Waals surface area (Å²) >= 11 is 0. The number of nitrogens with one attached hydrogen (secondary N) is 1. The molecule has 0 aromatic carbocycles. The predicted octanol–water partition coefficient (Wildman–Crippen LogP) is 0.135. The van der Waals surface area contributed by atoms with Gasteiger partial charge in [0.05, 0.1) is 0 Å². The fraction of sp³-hybridized carbons (Fsp3) is 0.778. The molecular formula is C9H16N2O2. The van der Waals surface area contributed by atoms with Crippen LogP contribution < -0.4 is 5.32 Å². The Bertz CT molecular complexity index is 196. The zero-order valence-electron chi connectivity index (χ0n) is 8.01. The molecule has 1 rings (SSSR count). The molecule has 4 heteroatoms. The van der Waals surface area contributed by atoms with Gasteiger partial charge in [-0.15, -0.1) is 0 Å². The van der Waals surface area contributed by atoms with Gasteiger partial charge in [-0.2, -0.15) is 0 Å². The Balaban J connectivity index is 2.48. The molecule has 1 saturated heterocycles. The second-order valence-corrected chi connectivity index (χ2v) is 3.29. The Morgan fingerprint density at radius 3 is 2.08 bits per heavy atom. The summed E-state index contributed by atoms with van der Waals surface area (Å²) in [5.41, 5.74) is 0. The molecular weight excluding hydrogens is 168 g/mol. The number of likely N-dealkylation sites (tertiary alicyclic amines) is 1. The number of carbonyl (C=O) groups is 2. The van der Waals surface area contributed by atoms with Crippen LogP contribution >= 0.6 is 0 Å². The Hall–Kier alpha value is -1.06. The minimum Gasteiger partial charge on any atom is -0.351 e. The molecule has 1 aliphatic rings. The van der Waals surface area contributed by atoms with E-state index in [0.29, 0.717) is 0 Å². The van der Waals surface area contributed by atoms with Gasteiger partial charge < -0.3 is 10.2 Å². The topological polar surface area (TPSA) is 49.4 Å². The van der Waals surface area contributed by atoms with Gasteiger partial charge in [0.1, 0.15) is 0 Å². The van der Waals surface area contributed by atoms with E-state index in [1.165, 1.54) is 7.05 Å². The van der Waals surface area contributed by atoms with Crippen molar-refractivity contribution >= 4 is 11.8 Å². The first-order valence-corrected chi connectivity index (χ1v) is 4.76. The van der Waals surface area contributed by atoms with Crippen LogP contribution in [0, 0.1) is 0 Å². The summed E-state index contributed by atoms with van der Waals surface area (Å²) in [6.45, 7) is 1.46. The van der Waals surface area contributed by atoms with E-state index in [1.807, 2.05) is 0 Å². The van der Waals surface area contributed by atoms with Gasteiger partial charge in [-0.3, -0.25) is 9.59 Å². The molecule has 13 heavy (non-hydrogen) atoms. The summed E-state index contributed by atoms with van der Waals surface area (Å²) in [4.78, 5) is 24.1. The average Bonchev–Trinajstić information content (AvgIpc) is 2.43. The second-order valence-electron chi connectivity index (χ2n) is 3.29. The van der Waals surface area contributed by atoms with Crippen LogP contribution in [0.1, 0.15) is 25.7 Å². The van der Waals surface area contributed by atoms with Crippen molar-refractivity contribution in [2.45, 2.75) is 25.7 Å². The summed E-state index contributed by atoms with van der Waals surface area (Å²) in [5.74, 6) is -0.883. The molecule has 2 amide bonds. The lowest BCUT2D eigenvalue weighted by atomic mass is 10.2. The molecule has 0 aliphatic carbocycles. The maximum atomic E-state index is 11.4. The Labute approximate surface area is 78.3 Å². The van der Waals surface area contributed by atoms with Crippen molar-refractivity contribution in [3.8, 4) is 0 Å². The summed E-state index contributed by atoms with van der Waals surface area (Å²) in [6.07, 6.45) is 4.36. The number of carbonyl (C=O) groups excluding carboxylic acids is 2. The fourth-order valence-corrected chi connectivity index (χ4v) is 1.52. The fourth-order valence-electron chi connectivity index (χ4n) is 1.52. The van der Waals surface area contributed by atoms with Crippen LogP contribution in [0.3, 0.4) is 0 Å². The highest BCUT2D eigenvalue weighted by Gasteiger charge is 2.20. The van der Waals surface area contributed by atoms with Crippen molar-refractivity contribution in [2.75, 3.05) is 20.1 Å². The summed E-state index contributed by atoms with van der Waals surface area (Å²) in [6, 6.07) is 0. The molecule has 1 heterocycles. The standard InChI is InChI=1S/C9H16N2O2/c1-10-8(12)9(13)11-6-4-2-3-5-7-11/h2-7H2,1H3,(H,10,12). The summed E-state index contributed by atoms with van der Waals surface area (Å²) in [7, 11) is 1.48. The highest BCUT2D eigenvalue weighted by Crippen LogP contribution is 2.09. The van der Waals surface area contributed by atoms with Crippen molar-refractivity contribution in [1.29, 1.82) is 0 Å². The molecule has 0 spiro atoms. The van der Waals surface area contributed by atoms with Gasteiger partial charge in [0.25, 0.3) is 0 Å². The van der Waals surface area contributed by atoms with Crippen LogP contribution in [-0.2, 0) is 9.59 Å². The molecule has 0 aromatic rings. The number of rotatable bonds is 0. The van der Waals surface area contributed by atoms with E-state index in [0.717, 1.165) is 38.8 Å². The third kappa shape index (κ3) is 2.72. The van der Waals surface area contributed by atoms with Crippen LogP contribution in [0.25, 0.3) is 0 Å². The lowest BCUT2D eigenvalue weighted by Crippen LogP contribution is -2.42. The lowest BCUT2D eigenvalue weighted by Gasteiger charge is -2.18. The Kier molecular flexibility index (Phi) is 3.73. The first kappa shape index (κ1) is 10.0. The van der Waals surface area contributed by atoms with Crippen molar-refractivity contribution in [2.24, 2.45) is 0 Å². The molecule has 0 atom stereocenters. The van der Waals surface area contributed by atoms with E-state index < -0.39 is 5.91 Å².